The lowest BCUT2D eigenvalue weighted by atomic mass is 10.3. The number of nitrogens with zero attached hydrogens (tertiary/aromatic N) is 1. The minimum Gasteiger partial charge on any atom is -0.434 e. The number of halogens is 4. The number of pyridine rings is 1. The van der Waals surface area contributed by atoms with Crippen LogP contribution >= 0.6 is 23.2 Å². The van der Waals surface area contributed by atoms with Gasteiger partial charge in [0, 0.05) is 13.1 Å². The number of anilines is 1. The lowest BCUT2D eigenvalue weighted by Crippen LogP contribution is -1.98. The number of ether oxygens (including phenoxy) is 1. The molecule has 0 aliphatic rings. The summed E-state index contributed by atoms with van der Waals surface area (Å²) in [6, 6.07) is 4.34. The van der Waals surface area contributed by atoms with Gasteiger partial charge in [-0.1, -0.05) is 23.2 Å². The minimum absolute atomic E-state index is 0.0269. The SMILES string of the molecule is CNc1nc(Oc2ccc(F)cc2F)c(Cl)cc1Cl. The molecule has 0 radical (unpaired) electrons. The summed E-state index contributed by atoms with van der Waals surface area (Å²) in [5.41, 5.74) is 0. The molecule has 3 nitrogen and oxygen atoms in total. The van der Waals surface area contributed by atoms with Gasteiger partial charge in [-0.05, 0) is 18.2 Å². The van der Waals surface area contributed by atoms with Crippen molar-refractivity contribution in [2.24, 2.45) is 0 Å². The van der Waals surface area contributed by atoms with E-state index < -0.39 is 11.6 Å². The van der Waals surface area contributed by atoms with Crippen molar-refractivity contribution in [2.75, 3.05) is 12.4 Å². The van der Waals surface area contributed by atoms with Gasteiger partial charge in [0.2, 0.25) is 5.88 Å². The first-order valence-corrected chi connectivity index (χ1v) is 5.93. The van der Waals surface area contributed by atoms with Gasteiger partial charge in [-0.3, -0.25) is 0 Å². The quantitative estimate of drug-likeness (QED) is 0.906. The van der Waals surface area contributed by atoms with Crippen LogP contribution in [0.5, 0.6) is 11.6 Å². The molecule has 0 saturated carbocycles. The topological polar surface area (TPSA) is 34.2 Å². The molecule has 0 fully saturated rings. The van der Waals surface area contributed by atoms with Crippen molar-refractivity contribution < 1.29 is 13.5 Å². The molecule has 2 rings (SSSR count). The van der Waals surface area contributed by atoms with Crippen LogP contribution in [-0.2, 0) is 0 Å². The molecule has 0 aliphatic carbocycles. The maximum absolute atomic E-state index is 13.5. The van der Waals surface area contributed by atoms with E-state index in [1.165, 1.54) is 6.07 Å². The highest BCUT2D eigenvalue weighted by Gasteiger charge is 2.13. The molecule has 0 bridgehead atoms. The smallest absolute Gasteiger partial charge is 0.240 e. The van der Waals surface area contributed by atoms with Gasteiger partial charge < -0.3 is 10.1 Å². The van der Waals surface area contributed by atoms with Crippen LogP contribution in [0.2, 0.25) is 10.0 Å². The van der Waals surface area contributed by atoms with Crippen molar-refractivity contribution in [1.82, 2.24) is 4.98 Å². The van der Waals surface area contributed by atoms with Gasteiger partial charge in [0.05, 0.1) is 5.02 Å². The molecular formula is C12H8Cl2F2N2O. The van der Waals surface area contributed by atoms with E-state index in [2.05, 4.69) is 10.3 Å². The van der Waals surface area contributed by atoms with E-state index in [4.69, 9.17) is 27.9 Å². The molecule has 0 atom stereocenters. The Morgan fingerprint density at radius 3 is 2.53 bits per heavy atom. The average Bonchev–Trinajstić information content (AvgIpc) is 2.35. The second-order valence-corrected chi connectivity index (χ2v) is 4.35. The Hall–Kier alpha value is -1.59. The zero-order chi connectivity index (χ0) is 14.0. The zero-order valence-electron chi connectivity index (χ0n) is 9.68. The Morgan fingerprint density at radius 1 is 1.16 bits per heavy atom. The minimum atomic E-state index is -0.848. The fourth-order valence-electron chi connectivity index (χ4n) is 1.36. The second-order valence-electron chi connectivity index (χ2n) is 3.53. The number of nitrogens with one attached hydrogen (secondary N) is 1. The molecule has 100 valence electrons. The molecule has 1 aromatic carbocycles. The number of benzene rings is 1. The maximum Gasteiger partial charge on any atom is 0.240 e. The molecule has 2 aromatic rings. The molecule has 1 aromatic heterocycles. The van der Waals surface area contributed by atoms with Crippen LogP contribution in [0.15, 0.2) is 24.3 Å². The van der Waals surface area contributed by atoms with Crippen LogP contribution in [-0.4, -0.2) is 12.0 Å². The summed E-state index contributed by atoms with van der Waals surface area (Å²) in [6.45, 7) is 0. The number of aromatic nitrogens is 1. The molecule has 0 unspecified atom stereocenters. The van der Waals surface area contributed by atoms with E-state index in [-0.39, 0.29) is 16.7 Å². The predicted molar refractivity (Wildman–Crippen MR) is 70.2 cm³/mol. The molecule has 0 aliphatic heterocycles. The van der Waals surface area contributed by atoms with E-state index in [9.17, 15) is 8.78 Å². The van der Waals surface area contributed by atoms with Gasteiger partial charge in [-0.25, -0.2) is 8.78 Å². The molecule has 0 spiro atoms. The van der Waals surface area contributed by atoms with Crippen molar-refractivity contribution >= 4 is 29.0 Å². The zero-order valence-corrected chi connectivity index (χ0v) is 11.2. The molecule has 1 N–H and O–H groups in total. The Bertz CT molecular complexity index is 623. The van der Waals surface area contributed by atoms with Gasteiger partial charge in [-0.15, -0.1) is 0 Å². The highest BCUT2D eigenvalue weighted by Crippen LogP contribution is 2.34. The van der Waals surface area contributed by atoms with E-state index in [0.717, 1.165) is 12.1 Å². The third-order valence-corrected chi connectivity index (χ3v) is 2.79. The summed E-state index contributed by atoms with van der Waals surface area (Å²) in [5, 5.41) is 3.16. The first-order chi connectivity index (χ1) is 9.01. The van der Waals surface area contributed by atoms with Crippen LogP contribution in [0.25, 0.3) is 0 Å². The van der Waals surface area contributed by atoms with Gasteiger partial charge in [0.25, 0.3) is 0 Å². The van der Waals surface area contributed by atoms with Crippen LogP contribution in [0.1, 0.15) is 0 Å². The Balaban J connectivity index is 2.37. The van der Waals surface area contributed by atoms with Gasteiger partial charge in [0.15, 0.2) is 11.6 Å². The van der Waals surface area contributed by atoms with Gasteiger partial charge >= 0.3 is 0 Å². The molecule has 19 heavy (non-hydrogen) atoms. The van der Waals surface area contributed by atoms with E-state index in [0.29, 0.717) is 16.9 Å². The maximum atomic E-state index is 13.5. The fraction of sp³-hybridized carbons (Fsp3) is 0.0833. The van der Waals surface area contributed by atoms with Crippen LogP contribution in [0.4, 0.5) is 14.6 Å². The average molecular weight is 305 g/mol. The van der Waals surface area contributed by atoms with E-state index >= 15 is 0 Å². The van der Waals surface area contributed by atoms with Crippen molar-refractivity contribution in [3.8, 4) is 11.6 Å². The highest BCUT2D eigenvalue weighted by molar-refractivity contribution is 6.36. The molecular weight excluding hydrogens is 297 g/mol. The summed E-state index contributed by atoms with van der Waals surface area (Å²) in [7, 11) is 1.62. The number of rotatable bonds is 3. The first-order valence-electron chi connectivity index (χ1n) is 5.18. The van der Waals surface area contributed by atoms with Crippen molar-refractivity contribution in [1.29, 1.82) is 0 Å². The lowest BCUT2D eigenvalue weighted by molar-refractivity contribution is 0.424. The number of hydrogen-bond donors (Lipinski definition) is 1. The molecule has 0 amide bonds. The molecule has 7 heteroatoms. The lowest BCUT2D eigenvalue weighted by Gasteiger charge is -2.10. The third-order valence-electron chi connectivity index (χ3n) is 2.23. The third kappa shape index (κ3) is 3.05. The first kappa shape index (κ1) is 13.8. The second kappa shape index (κ2) is 5.59. The van der Waals surface area contributed by atoms with Crippen molar-refractivity contribution in [2.45, 2.75) is 0 Å². The largest absolute Gasteiger partial charge is 0.434 e. The summed E-state index contributed by atoms with van der Waals surface area (Å²) in [5.74, 6) is -1.42. The van der Waals surface area contributed by atoms with Crippen LogP contribution < -0.4 is 10.1 Å². The Labute approximate surface area is 118 Å². The van der Waals surface area contributed by atoms with E-state index in [1.807, 2.05) is 0 Å². The summed E-state index contributed by atoms with van der Waals surface area (Å²) in [4.78, 5) is 3.99. The van der Waals surface area contributed by atoms with Crippen molar-refractivity contribution in [3.05, 3.63) is 45.9 Å². The Morgan fingerprint density at radius 2 is 1.89 bits per heavy atom. The highest BCUT2D eigenvalue weighted by atomic mass is 35.5. The van der Waals surface area contributed by atoms with Gasteiger partial charge in [-0.2, -0.15) is 4.98 Å². The van der Waals surface area contributed by atoms with E-state index in [1.54, 1.807) is 7.05 Å². The fourth-order valence-corrected chi connectivity index (χ4v) is 1.85. The normalized spacial score (nSPS) is 10.4. The molecule has 0 saturated heterocycles. The van der Waals surface area contributed by atoms with Crippen LogP contribution in [0, 0.1) is 11.6 Å². The van der Waals surface area contributed by atoms with Gasteiger partial charge in [0.1, 0.15) is 16.7 Å². The predicted octanol–water partition coefficient (Wildman–Crippen LogP) is 4.50. The monoisotopic (exact) mass is 304 g/mol. The Kier molecular flexibility index (Phi) is 4.07. The summed E-state index contributed by atoms with van der Waals surface area (Å²) < 4.78 is 31.4. The molecule has 1 heterocycles. The van der Waals surface area contributed by atoms with Crippen molar-refractivity contribution in [3.63, 3.8) is 0 Å². The standard InChI is InChI=1S/C12H8Cl2F2N2O/c1-17-11-7(13)5-8(14)12(18-11)19-10-3-2-6(15)4-9(10)16/h2-5H,1H3,(H,17,18). The summed E-state index contributed by atoms with van der Waals surface area (Å²) >= 11 is 11.8. The summed E-state index contributed by atoms with van der Waals surface area (Å²) in [6.07, 6.45) is 0. The van der Waals surface area contributed by atoms with Crippen LogP contribution in [0.3, 0.4) is 0 Å². The number of hydrogen-bond acceptors (Lipinski definition) is 3.